The number of fused-ring (bicyclic) bond motifs is 1. The van der Waals surface area contributed by atoms with Gasteiger partial charge in [0.2, 0.25) is 0 Å². The van der Waals surface area contributed by atoms with Crippen LogP contribution in [0.25, 0.3) is 5.65 Å². The molecule has 3 aromatic rings. The normalized spacial score (nSPS) is 10.6. The number of aromatic nitrogens is 2. The van der Waals surface area contributed by atoms with Crippen LogP contribution >= 0.6 is 0 Å². The predicted octanol–water partition coefficient (Wildman–Crippen LogP) is 2.59. The Morgan fingerprint density at radius 1 is 1.17 bits per heavy atom. The lowest BCUT2D eigenvalue weighted by atomic mass is 10.2. The quantitative estimate of drug-likeness (QED) is 0.783. The van der Waals surface area contributed by atoms with E-state index in [1.165, 1.54) is 0 Å². The Hall–Kier alpha value is -3.02. The third-order valence-electron chi connectivity index (χ3n) is 3.86. The van der Waals surface area contributed by atoms with Crippen LogP contribution in [0.15, 0.2) is 42.6 Å². The van der Waals surface area contributed by atoms with E-state index >= 15 is 0 Å². The Balaban J connectivity index is 1.81. The molecule has 0 saturated carbocycles. The molecule has 1 N–H and O–H groups in total. The summed E-state index contributed by atoms with van der Waals surface area (Å²) in [6.07, 6.45) is 1.94. The van der Waals surface area contributed by atoms with Crippen LogP contribution < -0.4 is 14.8 Å². The zero-order valence-corrected chi connectivity index (χ0v) is 13.9. The summed E-state index contributed by atoms with van der Waals surface area (Å²) in [5.41, 5.74) is 3.19. The highest BCUT2D eigenvalue weighted by Crippen LogP contribution is 2.22. The summed E-state index contributed by atoms with van der Waals surface area (Å²) in [7, 11) is 3.11. The summed E-state index contributed by atoms with van der Waals surface area (Å²) < 4.78 is 12.4. The van der Waals surface area contributed by atoms with Crippen molar-refractivity contribution < 1.29 is 14.3 Å². The third kappa shape index (κ3) is 3.03. The van der Waals surface area contributed by atoms with Gasteiger partial charge in [-0.25, -0.2) is 4.98 Å². The number of amides is 1. The van der Waals surface area contributed by atoms with Crippen LogP contribution in [0.5, 0.6) is 11.5 Å². The van der Waals surface area contributed by atoms with Crippen molar-refractivity contribution in [2.45, 2.75) is 13.5 Å². The number of rotatable bonds is 5. The molecule has 0 fully saturated rings. The van der Waals surface area contributed by atoms with E-state index in [0.717, 1.165) is 17.0 Å². The Morgan fingerprint density at radius 3 is 2.54 bits per heavy atom. The number of benzene rings is 1. The van der Waals surface area contributed by atoms with Crippen molar-refractivity contribution in [1.82, 2.24) is 14.7 Å². The number of hydrogen-bond donors (Lipinski definition) is 1. The van der Waals surface area contributed by atoms with Crippen molar-refractivity contribution in [2.24, 2.45) is 0 Å². The van der Waals surface area contributed by atoms with Crippen LogP contribution in [-0.4, -0.2) is 29.5 Å². The Labute approximate surface area is 140 Å². The average molecular weight is 325 g/mol. The van der Waals surface area contributed by atoms with Gasteiger partial charge in [0, 0.05) is 17.8 Å². The van der Waals surface area contributed by atoms with Gasteiger partial charge in [-0.15, -0.1) is 0 Å². The maximum absolute atomic E-state index is 12.5. The number of hydrogen-bond acceptors (Lipinski definition) is 4. The van der Waals surface area contributed by atoms with Crippen molar-refractivity contribution in [3.63, 3.8) is 0 Å². The number of imidazole rings is 1. The first kappa shape index (κ1) is 15.9. The van der Waals surface area contributed by atoms with Gasteiger partial charge in [-0.3, -0.25) is 4.79 Å². The lowest BCUT2D eigenvalue weighted by Gasteiger charge is -2.09. The molecule has 124 valence electrons. The molecule has 3 rings (SSSR count). The maximum atomic E-state index is 12.5. The number of carbonyl (C=O) groups excluding carboxylic acids is 1. The molecule has 2 heterocycles. The van der Waals surface area contributed by atoms with Crippen LogP contribution in [-0.2, 0) is 6.54 Å². The van der Waals surface area contributed by atoms with E-state index in [0.29, 0.717) is 23.6 Å². The maximum Gasteiger partial charge on any atom is 0.251 e. The van der Waals surface area contributed by atoms with Crippen LogP contribution in [0, 0.1) is 6.92 Å². The molecule has 0 radical (unpaired) electrons. The summed E-state index contributed by atoms with van der Waals surface area (Å²) in [5.74, 6) is 0.952. The van der Waals surface area contributed by atoms with E-state index in [9.17, 15) is 4.79 Å². The zero-order chi connectivity index (χ0) is 17.1. The predicted molar refractivity (Wildman–Crippen MR) is 90.6 cm³/mol. The third-order valence-corrected chi connectivity index (χ3v) is 3.86. The second-order valence-corrected chi connectivity index (χ2v) is 5.36. The standard InChI is InChI=1S/C18H19N3O3/c1-12-16(21-7-5-4-6-17(21)20-12)11-19-18(22)13-8-14(23-2)10-15(9-13)24-3/h4-10H,11H2,1-3H3,(H,19,22). The summed E-state index contributed by atoms with van der Waals surface area (Å²) in [6, 6.07) is 10.9. The first-order valence-corrected chi connectivity index (χ1v) is 7.56. The number of aryl methyl sites for hydroxylation is 1. The number of pyridine rings is 1. The molecule has 0 unspecified atom stereocenters. The topological polar surface area (TPSA) is 64.9 Å². The molecule has 0 atom stereocenters. The van der Waals surface area contributed by atoms with Gasteiger partial charge >= 0.3 is 0 Å². The number of methoxy groups -OCH3 is 2. The van der Waals surface area contributed by atoms with Gasteiger partial charge in [0.15, 0.2) is 0 Å². The molecule has 6 heteroatoms. The molecule has 6 nitrogen and oxygen atoms in total. The van der Waals surface area contributed by atoms with Crippen LogP contribution in [0.3, 0.4) is 0 Å². The highest BCUT2D eigenvalue weighted by molar-refractivity contribution is 5.95. The van der Waals surface area contributed by atoms with E-state index in [2.05, 4.69) is 10.3 Å². The summed E-state index contributed by atoms with van der Waals surface area (Å²) in [5, 5.41) is 2.93. The van der Waals surface area contributed by atoms with Crippen LogP contribution in [0.4, 0.5) is 0 Å². The van der Waals surface area contributed by atoms with E-state index in [-0.39, 0.29) is 5.91 Å². The minimum absolute atomic E-state index is 0.197. The molecule has 24 heavy (non-hydrogen) atoms. The van der Waals surface area contributed by atoms with Gasteiger partial charge in [-0.2, -0.15) is 0 Å². The molecular weight excluding hydrogens is 306 g/mol. The van der Waals surface area contributed by atoms with Gasteiger partial charge < -0.3 is 19.2 Å². The lowest BCUT2D eigenvalue weighted by molar-refractivity contribution is 0.0949. The molecule has 0 spiro atoms. The van der Waals surface area contributed by atoms with Gasteiger partial charge in [-0.1, -0.05) is 6.07 Å². The van der Waals surface area contributed by atoms with Crippen molar-refractivity contribution in [3.05, 3.63) is 59.5 Å². The van der Waals surface area contributed by atoms with Gasteiger partial charge in [0.05, 0.1) is 32.2 Å². The van der Waals surface area contributed by atoms with Crippen molar-refractivity contribution in [1.29, 1.82) is 0 Å². The first-order valence-electron chi connectivity index (χ1n) is 7.56. The van der Waals surface area contributed by atoms with Gasteiger partial charge in [0.25, 0.3) is 5.91 Å². The SMILES string of the molecule is COc1cc(OC)cc(C(=O)NCc2c(C)nc3ccccn23)c1. The van der Waals surface area contributed by atoms with Crippen molar-refractivity contribution in [3.8, 4) is 11.5 Å². The largest absolute Gasteiger partial charge is 0.497 e. The fourth-order valence-electron chi connectivity index (χ4n) is 2.58. The summed E-state index contributed by atoms with van der Waals surface area (Å²) in [4.78, 5) is 17.0. The summed E-state index contributed by atoms with van der Waals surface area (Å²) >= 11 is 0. The first-order chi connectivity index (χ1) is 11.6. The number of carbonyl (C=O) groups is 1. The van der Waals surface area contributed by atoms with Gasteiger partial charge in [0.1, 0.15) is 17.1 Å². The van der Waals surface area contributed by atoms with Crippen LogP contribution in [0.1, 0.15) is 21.7 Å². The minimum Gasteiger partial charge on any atom is -0.497 e. The number of ether oxygens (including phenoxy) is 2. The van der Waals surface area contributed by atoms with Gasteiger partial charge in [-0.05, 0) is 31.2 Å². The van der Waals surface area contributed by atoms with Crippen molar-refractivity contribution >= 4 is 11.6 Å². The molecule has 0 aliphatic rings. The Morgan fingerprint density at radius 2 is 1.88 bits per heavy atom. The number of nitrogens with one attached hydrogen (secondary N) is 1. The van der Waals surface area contributed by atoms with Crippen molar-refractivity contribution in [2.75, 3.05) is 14.2 Å². The zero-order valence-electron chi connectivity index (χ0n) is 13.9. The molecule has 1 amide bonds. The smallest absolute Gasteiger partial charge is 0.251 e. The second kappa shape index (κ2) is 6.62. The highest BCUT2D eigenvalue weighted by Gasteiger charge is 2.12. The van der Waals surface area contributed by atoms with E-state index in [1.54, 1.807) is 32.4 Å². The monoisotopic (exact) mass is 325 g/mol. The molecule has 1 aromatic carbocycles. The van der Waals surface area contributed by atoms with Crippen LogP contribution in [0.2, 0.25) is 0 Å². The molecule has 0 saturated heterocycles. The second-order valence-electron chi connectivity index (χ2n) is 5.36. The molecule has 0 aliphatic heterocycles. The Kier molecular flexibility index (Phi) is 4.37. The number of nitrogens with zero attached hydrogens (tertiary/aromatic N) is 2. The van der Waals surface area contributed by atoms with E-state index < -0.39 is 0 Å². The highest BCUT2D eigenvalue weighted by atomic mass is 16.5. The molecule has 0 aliphatic carbocycles. The Bertz CT molecular complexity index is 864. The molecule has 0 bridgehead atoms. The summed E-state index contributed by atoms with van der Waals surface area (Å²) in [6.45, 7) is 2.32. The average Bonchev–Trinajstić information content (AvgIpc) is 2.94. The molecular formula is C18H19N3O3. The fraction of sp³-hybridized carbons (Fsp3) is 0.222. The van der Waals surface area contributed by atoms with E-state index in [4.69, 9.17) is 9.47 Å². The molecule has 2 aromatic heterocycles. The van der Waals surface area contributed by atoms with E-state index in [1.807, 2.05) is 35.7 Å². The lowest BCUT2D eigenvalue weighted by Crippen LogP contribution is -2.24. The minimum atomic E-state index is -0.197. The fourth-order valence-corrected chi connectivity index (χ4v) is 2.58.